The summed E-state index contributed by atoms with van der Waals surface area (Å²) in [4.78, 5) is 18.5. The van der Waals surface area contributed by atoms with E-state index in [9.17, 15) is 4.39 Å². The molecule has 1 aliphatic rings. The van der Waals surface area contributed by atoms with Gasteiger partial charge in [-0.3, -0.25) is 4.98 Å². The van der Waals surface area contributed by atoms with Gasteiger partial charge in [0.2, 0.25) is 5.95 Å². The van der Waals surface area contributed by atoms with Gasteiger partial charge in [0, 0.05) is 60.9 Å². The normalized spacial score (nSPS) is 14.1. The SMILES string of the molecule is Cc1ccc2c(N3CCN(c4nc(C)cc(Nc5ccc(F)cc5)n4)CC3)ccnc2c1. The molecule has 1 saturated heterocycles. The summed E-state index contributed by atoms with van der Waals surface area (Å²) in [6.45, 7) is 7.47. The minimum absolute atomic E-state index is 0.259. The Morgan fingerprint density at radius 1 is 0.844 bits per heavy atom. The Morgan fingerprint density at radius 2 is 1.59 bits per heavy atom. The molecule has 0 unspecified atom stereocenters. The molecule has 0 atom stereocenters. The smallest absolute Gasteiger partial charge is 0.227 e. The van der Waals surface area contributed by atoms with Crippen LogP contribution in [0.4, 0.5) is 27.5 Å². The molecule has 1 fully saturated rings. The first kappa shape index (κ1) is 20.2. The fraction of sp³-hybridized carbons (Fsp3) is 0.240. The highest BCUT2D eigenvalue weighted by molar-refractivity contribution is 5.92. The van der Waals surface area contributed by atoms with E-state index in [-0.39, 0.29) is 5.82 Å². The summed E-state index contributed by atoms with van der Waals surface area (Å²) in [5.74, 6) is 1.16. The molecule has 0 aliphatic carbocycles. The molecule has 0 saturated carbocycles. The van der Waals surface area contributed by atoms with Gasteiger partial charge in [-0.2, -0.15) is 4.98 Å². The van der Waals surface area contributed by atoms with Crippen LogP contribution < -0.4 is 15.1 Å². The molecule has 2 aromatic carbocycles. The molecule has 0 bridgehead atoms. The van der Waals surface area contributed by atoms with Gasteiger partial charge in [-0.05, 0) is 55.8 Å². The third-order valence-electron chi connectivity index (χ3n) is 5.74. The van der Waals surface area contributed by atoms with E-state index in [1.807, 2.05) is 19.2 Å². The van der Waals surface area contributed by atoms with E-state index in [0.29, 0.717) is 11.8 Å². The second-order valence-electron chi connectivity index (χ2n) is 8.15. The number of rotatable bonds is 4. The van der Waals surface area contributed by atoms with Gasteiger partial charge in [0.25, 0.3) is 0 Å². The van der Waals surface area contributed by atoms with E-state index in [1.54, 1.807) is 12.1 Å². The van der Waals surface area contributed by atoms with Gasteiger partial charge in [0.1, 0.15) is 11.6 Å². The third-order valence-corrected chi connectivity index (χ3v) is 5.74. The lowest BCUT2D eigenvalue weighted by molar-refractivity contribution is 0.628. The lowest BCUT2D eigenvalue weighted by atomic mass is 10.1. The van der Waals surface area contributed by atoms with Gasteiger partial charge in [-0.15, -0.1) is 0 Å². The number of aromatic nitrogens is 3. The van der Waals surface area contributed by atoms with Crippen molar-refractivity contribution in [2.75, 3.05) is 41.3 Å². The number of nitrogens with one attached hydrogen (secondary N) is 1. The van der Waals surface area contributed by atoms with Gasteiger partial charge in [-0.1, -0.05) is 12.1 Å². The number of halogens is 1. The lowest BCUT2D eigenvalue weighted by Gasteiger charge is -2.36. The van der Waals surface area contributed by atoms with E-state index < -0.39 is 0 Å². The number of pyridine rings is 1. The third kappa shape index (κ3) is 4.19. The zero-order valence-electron chi connectivity index (χ0n) is 18.2. The average Bonchev–Trinajstić information content (AvgIpc) is 2.80. The van der Waals surface area contributed by atoms with Crippen molar-refractivity contribution in [1.29, 1.82) is 0 Å². The van der Waals surface area contributed by atoms with Gasteiger partial charge in [-0.25, -0.2) is 9.37 Å². The van der Waals surface area contributed by atoms with E-state index >= 15 is 0 Å². The van der Waals surface area contributed by atoms with Crippen molar-refractivity contribution in [3.8, 4) is 0 Å². The number of piperazine rings is 1. The molecule has 1 aliphatic heterocycles. The molecule has 0 spiro atoms. The van der Waals surface area contributed by atoms with Crippen molar-refractivity contribution in [1.82, 2.24) is 15.0 Å². The van der Waals surface area contributed by atoms with Crippen molar-refractivity contribution in [2.24, 2.45) is 0 Å². The largest absolute Gasteiger partial charge is 0.367 e. The van der Waals surface area contributed by atoms with E-state index in [2.05, 4.69) is 56.3 Å². The number of fused-ring (bicyclic) bond motifs is 1. The Labute approximate surface area is 186 Å². The highest BCUT2D eigenvalue weighted by Crippen LogP contribution is 2.28. The fourth-order valence-electron chi connectivity index (χ4n) is 4.11. The van der Waals surface area contributed by atoms with Crippen LogP contribution in [-0.4, -0.2) is 41.1 Å². The van der Waals surface area contributed by atoms with Gasteiger partial charge >= 0.3 is 0 Å². The van der Waals surface area contributed by atoms with Gasteiger partial charge in [0.15, 0.2) is 0 Å². The highest BCUT2D eigenvalue weighted by Gasteiger charge is 2.21. The summed E-state index contributed by atoms with van der Waals surface area (Å²) in [6, 6.07) is 16.7. The van der Waals surface area contributed by atoms with Gasteiger partial charge in [0.05, 0.1) is 5.52 Å². The van der Waals surface area contributed by atoms with Crippen molar-refractivity contribution in [3.63, 3.8) is 0 Å². The fourth-order valence-corrected chi connectivity index (χ4v) is 4.11. The molecule has 2 aromatic heterocycles. The summed E-state index contributed by atoms with van der Waals surface area (Å²) < 4.78 is 13.2. The summed E-state index contributed by atoms with van der Waals surface area (Å²) in [5.41, 5.74) is 5.15. The van der Waals surface area contributed by atoms with Crippen LogP contribution in [0.5, 0.6) is 0 Å². The first-order valence-electron chi connectivity index (χ1n) is 10.8. The minimum atomic E-state index is -0.259. The van der Waals surface area contributed by atoms with Crippen LogP contribution >= 0.6 is 0 Å². The summed E-state index contributed by atoms with van der Waals surface area (Å²) in [6.07, 6.45) is 1.89. The molecule has 0 amide bonds. The standard InChI is InChI=1S/C25H25FN6/c1-17-3-8-21-22(15-17)27-10-9-23(21)31-11-13-32(14-12-31)25-28-18(2)16-24(30-25)29-20-6-4-19(26)5-7-20/h3-10,15-16H,11-14H2,1-2H3,(H,28,29,30). The zero-order valence-corrected chi connectivity index (χ0v) is 18.2. The molecular weight excluding hydrogens is 403 g/mol. The molecule has 3 heterocycles. The molecule has 162 valence electrons. The Balaban J connectivity index is 1.32. The maximum Gasteiger partial charge on any atom is 0.227 e. The predicted molar refractivity (Wildman–Crippen MR) is 127 cm³/mol. The number of hydrogen-bond donors (Lipinski definition) is 1. The Morgan fingerprint density at radius 3 is 2.38 bits per heavy atom. The maximum absolute atomic E-state index is 13.2. The molecule has 6 nitrogen and oxygen atoms in total. The Bertz CT molecular complexity index is 1250. The summed E-state index contributed by atoms with van der Waals surface area (Å²) >= 11 is 0. The van der Waals surface area contributed by atoms with Crippen molar-refractivity contribution >= 4 is 34.0 Å². The summed E-state index contributed by atoms with van der Waals surface area (Å²) in [5, 5.41) is 4.43. The van der Waals surface area contributed by atoms with E-state index in [0.717, 1.165) is 43.1 Å². The van der Waals surface area contributed by atoms with Crippen LogP contribution in [-0.2, 0) is 0 Å². The van der Waals surface area contributed by atoms with Gasteiger partial charge < -0.3 is 15.1 Å². The first-order valence-corrected chi connectivity index (χ1v) is 10.8. The average molecular weight is 429 g/mol. The molecule has 7 heteroatoms. The van der Waals surface area contributed by atoms with Crippen molar-refractivity contribution in [2.45, 2.75) is 13.8 Å². The van der Waals surface area contributed by atoms with E-state index in [4.69, 9.17) is 4.98 Å². The van der Waals surface area contributed by atoms with E-state index in [1.165, 1.54) is 28.8 Å². The number of anilines is 4. The highest BCUT2D eigenvalue weighted by atomic mass is 19.1. The van der Waals surface area contributed by atoms with Crippen LogP contribution in [0.15, 0.2) is 60.8 Å². The van der Waals surface area contributed by atoms with Crippen LogP contribution in [0.1, 0.15) is 11.3 Å². The van der Waals surface area contributed by atoms with Crippen LogP contribution in [0.3, 0.4) is 0 Å². The molecular formula is C25H25FN6. The number of nitrogens with zero attached hydrogens (tertiary/aromatic N) is 5. The minimum Gasteiger partial charge on any atom is -0.367 e. The monoisotopic (exact) mass is 428 g/mol. The zero-order chi connectivity index (χ0) is 22.1. The second kappa shape index (κ2) is 8.42. The maximum atomic E-state index is 13.2. The quantitative estimate of drug-likeness (QED) is 0.501. The molecule has 1 N–H and O–H groups in total. The van der Waals surface area contributed by atoms with Crippen LogP contribution in [0, 0.1) is 19.7 Å². The number of benzene rings is 2. The molecule has 32 heavy (non-hydrogen) atoms. The van der Waals surface area contributed by atoms with Crippen LogP contribution in [0.2, 0.25) is 0 Å². The molecule has 5 rings (SSSR count). The van der Waals surface area contributed by atoms with Crippen LogP contribution in [0.25, 0.3) is 10.9 Å². The van der Waals surface area contributed by atoms with Crippen molar-refractivity contribution in [3.05, 3.63) is 77.9 Å². The second-order valence-corrected chi connectivity index (χ2v) is 8.15. The summed E-state index contributed by atoms with van der Waals surface area (Å²) in [7, 11) is 0. The molecule has 0 radical (unpaired) electrons. The lowest BCUT2D eigenvalue weighted by Crippen LogP contribution is -2.47. The Kier molecular flexibility index (Phi) is 5.31. The topological polar surface area (TPSA) is 57.2 Å². The predicted octanol–water partition coefficient (Wildman–Crippen LogP) is 4.85. The number of aryl methyl sites for hydroxylation is 2. The molecule has 4 aromatic rings. The van der Waals surface area contributed by atoms with Crippen molar-refractivity contribution < 1.29 is 4.39 Å². The first-order chi connectivity index (χ1) is 15.5. The number of hydrogen-bond acceptors (Lipinski definition) is 6. The Hall–Kier alpha value is -3.74.